The van der Waals surface area contributed by atoms with Crippen molar-refractivity contribution in [3.8, 4) is 11.3 Å². The van der Waals surface area contributed by atoms with Gasteiger partial charge in [-0.1, -0.05) is 29.8 Å². The average molecular weight is 423 g/mol. The van der Waals surface area contributed by atoms with Gasteiger partial charge in [0.1, 0.15) is 17.1 Å². The molecule has 4 rings (SSSR count). The summed E-state index contributed by atoms with van der Waals surface area (Å²) in [5.41, 5.74) is 4.58. The smallest absolute Gasteiger partial charge is 0.335 e. The number of rotatable bonds is 4. The van der Waals surface area contributed by atoms with Crippen LogP contribution in [0.2, 0.25) is 5.02 Å². The van der Waals surface area contributed by atoms with Gasteiger partial charge in [-0.15, -0.1) is 0 Å². The van der Waals surface area contributed by atoms with E-state index in [0.717, 1.165) is 10.6 Å². The van der Waals surface area contributed by atoms with E-state index in [2.05, 4.69) is 5.43 Å². The molecule has 0 aliphatic carbocycles. The van der Waals surface area contributed by atoms with E-state index in [1.165, 1.54) is 18.2 Å². The molecule has 0 atom stereocenters. The normalized spacial score (nSPS) is 15.0. The Bertz CT molecular complexity index is 1210. The Hall–Kier alpha value is -3.84. The van der Waals surface area contributed by atoms with Crippen molar-refractivity contribution < 1.29 is 23.9 Å². The van der Waals surface area contributed by atoms with Crippen molar-refractivity contribution in [3.05, 3.63) is 82.1 Å². The number of hydrogen-bond acceptors (Lipinski definition) is 4. The largest absolute Gasteiger partial charge is 0.478 e. The summed E-state index contributed by atoms with van der Waals surface area (Å²) in [5.74, 6) is -1.30. The van der Waals surface area contributed by atoms with Gasteiger partial charge in [0.15, 0.2) is 0 Å². The molecule has 0 saturated carbocycles. The van der Waals surface area contributed by atoms with Crippen molar-refractivity contribution in [1.29, 1.82) is 0 Å². The Labute approximate surface area is 176 Å². The number of anilines is 1. The van der Waals surface area contributed by atoms with Crippen LogP contribution in [0.5, 0.6) is 0 Å². The zero-order valence-corrected chi connectivity index (χ0v) is 16.4. The minimum absolute atomic E-state index is 0.0752. The van der Waals surface area contributed by atoms with Gasteiger partial charge >= 0.3 is 5.97 Å². The first-order chi connectivity index (χ1) is 14.3. The van der Waals surface area contributed by atoms with Crippen molar-refractivity contribution >= 4 is 41.1 Å². The first-order valence-corrected chi connectivity index (χ1v) is 9.28. The van der Waals surface area contributed by atoms with Crippen molar-refractivity contribution in [2.24, 2.45) is 0 Å². The van der Waals surface area contributed by atoms with Crippen LogP contribution in [0.1, 0.15) is 21.7 Å². The van der Waals surface area contributed by atoms with Crippen molar-refractivity contribution in [2.75, 3.05) is 5.01 Å². The number of benzene rings is 2. The van der Waals surface area contributed by atoms with Gasteiger partial charge in [0.2, 0.25) is 0 Å². The first kappa shape index (κ1) is 19.5. The van der Waals surface area contributed by atoms with Crippen LogP contribution < -0.4 is 10.4 Å². The second-order valence-electron chi connectivity index (χ2n) is 6.66. The van der Waals surface area contributed by atoms with Crippen LogP contribution in [-0.4, -0.2) is 22.9 Å². The first-order valence-electron chi connectivity index (χ1n) is 8.90. The quantitative estimate of drug-likeness (QED) is 0.487. The van der Waals surface area contributed by atoms with E-state index >= 15 is 0 Å². The molecule has 1 saturated heterocycles. The number of carboxylic acid groups (broad SMARTS) is 1. The summed E-state index contributed by atoms with van der Waals surface area (Å²) in [6.45, 7) is 1.84. The fourth-order valence-corrected chi connectivity index (χ4v) is 3.14. The molecule has 2 N–H and O–H groups in total. The SMILES string of the molecule is Cc1ccc(N2NC(=O)C(=Cc3ccc(-c4ccc(C(=O)O)cc4)o3)C2=O)cc1Cl. The average Bonchev–Trinajstić information content (AvgIpc) is 3.30. The summed E-state index contributed by atoms with van der Waals surface area (Å²) in [4.78, 5) is 36.0. The van der Waals surface area contributed by atoms with Crippen LogP contribution in [0.15, 0.2) is 64.6 Å². The summed E-state index contributed by atoms with van der Waals surface area (Å²) in [6.07, 6.45) is 1.36. The Morgan fingerprint density at radius 3 is 2.50 bits per heavy atom. The highest BCUT2D eigenvalue weighted by Crippen LogP contribution is 2.28. The standard InChI is InChI=1S/C22H15ClN2O5/c1-12-2-7-15(10-18(12)23)25-21(27)17(20(26)24-25)11-16-8-9-19(30-16)13-3-5-14(6-4-13)22(28)29/h2-11H,1H3,(H,24,26)(H,28,29). The number of aryl methyl sites for hydroxylation is 1. The maximum Gasteiger partial charge on any atom is 0.335 e. The molecule has 0 bridgehead atoms. The maximum absolute atomic E-state index is 12.7. The molecule has 150 valence electrons. The number of nitrogens with zero attached hydrogens (tertiary/aromatic N) is 1. The van der Waals surface area contributed by atoms with Crippen molar-refractivity contribution in [2.45, 2.75) is 6.92 Å². The molecule has 2 aromatic carbocycles. The number of carboxylic acids is 1. The van der Waals surface area contributed by atoms with Crippen LogP contribution in [0.3, 0.4) is 0 Å². The number of hydrogen-bond donors (Lipinski definition) is 2. The van der Waals surface area contributed by atoms with Crippen LogP contribution in [-0.2, 0) is 9.59 Å². The molecular formula is C22H15ClN2O5. The molecule has 2 amide bonds. The molecule has 1 aromatic heterocycles. The van der Waals surface area contributed by atoms with E-state index in [1.54, 1.807) is 42.5 Å². The van der Waals surface area contributed by atoms with Gasteiger partial charge in [0, 0.05) is 10.6 Å². The molecule has 8 heteroatoms. The van der Waals surface area contributed by atoms with Gasteiger partial charge in [-0.05, 0) is 55.0 Å². The van der Waals surface area contributed by atoms with Gasteiger partial charge in [-0.3, -0.25) is 15.0 Å². The number of carbonyl (C=O) groups excluding carboxylic acids is 2. The van der Waals surface area contributed by atoms with Crippen LogP contribution >= 0.6 is 11.6 Å². The molecule has 0 unspecified atom stereocenters. The summed E-state index contributed by atoms with van der Waals surface area (Å²) in [5, 5.41) is 10.6. The number of carbonyl (C=O) groups is 3. The molecule has 7 nitrogen and oxygen atoms in total. The highest BCUT2D eigenvalue weighted by Gasteiger charge is 2.35. The molecule has 1 aliphatic rings. The fraction of sp³-hybridized carbons (Fsp3) is 0.0455. The van der Waals surface area contributed by atoms with E-state index in [1.807, 2.05) is 6.92 Å². The number of nitrogens with one attached hydrogen (secondary N) is 1. The van der Waals surface area contributed by atoms with Crippen molar-refractivity contribution in [1.82, 2.24) is 5.43 Å². The zero-order chi connectivity index (χ0) is 21.4. The summed E-state index contributed by atoms with van der Waals surface area (Å²) in [7, 11) is 0. The van der Waals surface area contributed by atoms with Gasteiger partial charge in [0.05, 0.1) is 11.3 Å². The minimum atomic E-state index is -1.02. The van der Waals surface area contributed by atoms with E-state index in [-0.39, 0.29) is 11.1 Å². The van der Waals surface area contributed by atoms with Crippen LogP contribution in [0.4, 0.5) is 5.69 Å². The summed E-state index contributed by atoms with van der Waals surface area (Å²) in [6, 6.07) is 14.5. The van der Waals surface area contributed by atoms with E-state index in [0.29, 0.717) is 27.8 Å². The Balaban J connectivity index is 1.59. The number of halogens is 1. The number of furan rings is 1. The predicted octanol–water partition coefficient (Wildman–Crippen LogP) is 4.07. The number of aromatic carboxylic acids is 1. The maximum atomic E-state index is 12.7. The third-order valence-electron chi connectivity index (χ3n) is 4.63. The fourth-order valence-electron chi connectivity index (χ4n) is 2.96. The molecule has 2 heterocycles. The molecule has 3 aromatic rings. The lowest BCUT2D eigenvalue weighted by atomic mass is 10.1. The summed E-state index contributed by atoms with van der Waals surface area (Å²) < 4.78 is 5.71. The third-order valence-corrected chi connectivity index (χ3v) is 5.04. The molecular weight excluding hydrogens is 408 g/mol. The molecule has 30 heavy (non-hydrogen) atoms. The predicted molar refractivity (Wildman–Crippen MR) is 111 cm³/mol. The van der Waals surface area contributed by atoms with E-state index in [9.17, 15) is 14.4 Å². The van der Waals surface area contributed by atoms with Gasteiger partial charge in [-0.2, -0.15) is 0 Å². The Morgan fingerprint density at radius 2 is 1.83 bits per heavy atom. The highest BCUT2D eigenvalue weighted by molar-refractivity contribution is 6.33. The lowest BCUT2D eigenvalue weighted by Crippen LogP contribution is -2.35. The third kappa shape index (κ3) is 3.58. The van der Waals surface area contributed by atoms with Gasteiger partial charge in [-0.25, -0.2) is 9.80 Å². The monoisotopic (exact) mass is 422 g/mol. The number of amides is 2. The second-order valence-corrected chi connectivity index (χ2v) is 7.06. The summed E-state index contributed by atoms with van der Waals surface area (Å²) >= 11 is 6.12. The number of hydrazine groups is 1. The topological polar surface area (TPSA) is 99.8 Å². The molecule has 0 radical (unpaired) electrons. The van der Waals surface area contributed by atoms with Crippen LogP contribution in [0, 0.1) is 6.92 Å². The zero-order valence-electron chi connectivity index (χ0n) is 15.7. The van der Waals surface area contributed by atoms with Gasteiger partial charge < -0.3 is 9.52 Å². The molecule has 0 spiro atoms. The molecule has 1 aliphatic heterocycles. The lowest BCUT2D eigenvalue weighted by Gasteiger charge is -2.15. The Kier molecular flexibility index (Phi) is 4.89. The minimum Gasteiger partial charge on any atom is -0.478 e. The second kappa shape index (κ2) is 7.53. The molecule has 1 fully saturated rings. The Morgan fingerprint density at radius 1 is 1.10 bits per heavy atom. The van der Waals surface area contributed by atoms with E-state index < -0.39 is 17.8 Å². The lowest BCUT2D eigenvalue weighted by molar-refractivity contribution is -0.117. The highest BCUT2D eigenvalue weighted by atomic mass is 35.5. The van der Waals surface area contributed by atoms with Crippen molar-refractivity contribution in [3.63, 3.8) is 0 Å². The van der Waals surface area contributed by atoms with Gasteiger partial charge in [0.25, 0.3) is 11.8 Å². The van der Waals surface area contributed by atoms with E-state index in [4.69, 9.17) is 21.1 Å². The van der Waals surface area contributed by atoms with Crippen LogP contribution in [0.25, 0.3) is 17.4 Å².